The lowest BCUT2D eigenvalue weighted by Gasteiger charge is -2.37. The summed E-state index contributed by atoms with van der Waals surface area (Å²) in [6.45, 7) is 3.11. The molecule has 7 heteroatoms. The minimum atomic E-state index is -0.686. The molecule has 2 heterocycles. The number of amides is 1. The van der Waals surface area contributed by atoms with Gasteiger partial charge in [0.05, 0.1) is 6.10 Å². The number of nitrogens with zero attached hydrogens (tertiary/aromatic N) is 2. The quantitative estimate of drug-likeness (QED) is 0.869. The molecule has 2 atom stereocenters. The van der Waals surface area contributed by atoms with Crippen LogP contribution in [0.5, 0.6) is 11.5 Å². The summed E-state index contributed by atoms with van der Waals surface area (Å²) in [5.74, 6) is 0.854. The average molecular weight is 386 g/mol. The molecular weight excluding hydrogens is 363 g/mol. The fourth-order valence-corrected chi connectivity index (χ4v) is 3.53. The minimum absolute atomic E-state index is 0.0757. The van der Waals surface area contributed by atoms with E-state index >= 15 is 0 Å². The molecule has 2 aliphatic heterocycles. The maximum Gasteiger partial charge on any atom is 0.267 e. The summed E-state index contributed by atoms with van der Waals surface area (Å²) in [6.07, 6.45) is -1.32. The lowest BCUT2D eigenvalue weighted by atomic mass is 10.1. The number of carbonyl (C=O) groups excluding carboxylic acids is 1. The highest BCUT2D eigenvalue weighted by Crippen LogP contribution is 2.31. The standard InChI is InChI=1S/C21H23FN2O4/c22-16-7-5-15(6-8-16)17(25)13-23-9-11-24(12-10-23)21(26)20-14-27-18-3-1-2-4-19(18)28-20/h1-8,17,20,25H,9-14H2/t17-,20-/m0/s1. The zero-order valence-electron chi connectivity index (χ0n) is 15.5. The van der Waals surface area contributed by atoms with Gasteiger partial charge in [-0.2, -0.15) is 0 Å². The fraction of sp³-hybridized carbons (Fsp3) is 0.381. The summed E-state index contributed by atoms with van der Waals surface area (Å²) in [5, 5.41) is 10.4. The van der Waals surface area contributed by atoms with Crippen molar-refractivity contribution in [3.63, 3.8) is 0 Å². The number of halogens is 1. The third-order valence-corrected chi connectivity index (χ3v) is 5.15. The molecule has 0 bridgehead atoms. The first kappa shape index (κ1) is 18.7. The Labute approximate surface area is 163 Å². The van der Waals surface area contributed by atoms with Crippen LogP contribution in [0.25, 0.3) is 0 Å². The lowest BCUT2D eigenvalue weighted by molar-refractivity contribution is -0.143. The predicted octanol–water partition coefficient (Wildman–Crippen LogP) is 1.84. The van der Waals surface area contributed by atoms with Crippen molar-refractivity contribution in [3.8, 4) is 11.5 Å². The summed E-state index contributed by atoms with van der Waals surface area (Å²) in [4.78, 5) is 16.6. The van der Waals surface area contributed by atoms with Crippen molar-refractivity contribution in [2.75, 3.05) is 39.3 Å². The van der Waals surface area contributed by atoms with Crippen LogP contribution in [0.4, 0.5) is 4.39 Å². The van der Waals surface area contributed by atoms with Gasteiger partial charge < -0.3 is 19.5 Å². The molecule has 1 N–H and O–H groups in total. The Morgan fingerprint density at radius 1 is 1.07 bits per heavy atom. The number of aliphatic hydroxyl groups excluding tert-OH is 1. The molecule has 4 rings (SSSR count). The summed E-state index contributed by atoms with van der Waals surface area (Å²) >= 11 is 0. The first-order chi connectivity index (χ1) is 13.6. The van der Waals surface area contributed by atoms with Gasteiger partial charge in [0.1, 0.15) is 12.4 Å². The zero-order chi connectivity index (χ0) is 19.5. The normalized spacial score (nSPS) is 20.6. The number of carbonyl (C=O) groups is 1. The van der Waals surface area contributed by atoms with Gasteiger partial charge in [-0.05, 0) is 29.8 Å². The van der Waals surface area contributed by atoms with E-state index in [1.54, 1.807) is 23.1 Å². The van der Waals surface area contributed by atoms with Crippen LogP contribution in [0.2, 0.25) is 0 Å². The second-order valence-electron chi connectivity index (χ2n) is 7.06. The van der Waals surface area contributed by atoms with Crippen molar-refractivity contribution in [3.05, 3.63) is 59.9 Å². The number of ether oxygens (including phenoxy) is 2. The van der Waals surface area contributed by atoms with E-state index < -0.39 is 12.2 Å². The Bertz CT molecular complexity index is 821. The number of β-amino-alcohol motifs (C(OH)–C–C–N with tert-alkyl or cyclic N) is 1. The fourth-order valence-electron chi connectivity index (χ4n) is 3.53. The minimum Gasteiger partial charge on any atom is -0.485 e. The second-order valence-corrected chi connectivity index (χ2v) is 7.06. The predicted molar refractivity (Wildman–Crippen MR) is 101 cm³/mol. The highest BCUT2D eigenvalue weighted by Gasteiger charge is 2.32. The van der Waals surface area contributed by atoms with Crippen molar-refractivity contribution in [1.82, 2.24) is 9.80 Å². The number of para-hydroxylation sites is 2. The molecule has 0 unspecified atom stereocenters. The first-order valence-electron chi connectivity index (χ1n) is 9.43. The molecule has 0 saturated carbocycles. The molecule has 2 aromatic carbocycles. The summed E-state index contributed by atoms with van der Waals surface area (Å²) in [7, 11) is 0. The van der Waals surface area contributed by atoms with Crippen molar-refractivity contribution in [1.29, 1.82) is 0 Å². The number of rotatable bonds is 4. The molecule has 2 aromatic rings. The van der Waals surface area contributed by atoms with Crippen molar-refractivity contribution >= 4 is 5.91 Å². The average Bonchev–Trinajstić information content (AvgIpc) is 2.74. The second kappa shape index (κ2) is 8.16. The van der Waals surface area contributed by atoms with Crippen LogP contribution in [-0.4, -0.2) is 66.2 Å². The number of aliphatic hydroxyl groups is 1. The van der Waals surface area contributed by atoms with Crippen molar-refractivity contribution in [2.24, 2.45) is 0 Å². The largest absolute Gasteiger partial charge is 0.485 e. The van der Waals surface area contributed by atoms with Crippen LogP contribution in [-0.2, 0) is 4.79 Å². The highest BCUT2D eigenvalue weighted by atomic mass is 19.1. The molecule has 6 nitrogen and oxygen atoms in total. The molecule has 28 heavy (non-hydrogen) atoms. The van der Waals surface area contributed by atoms with Gasteiger partial charge in [-0.25, -0.2) is 4.39 Å². The van der Waals surface area contributed by atoms with Gasteiger partial charge in [0.2, 0.25) is 6.10 Å². The van der Waals surface area contributed by atoms with Crippen LogP contribution in [0.3, 0.4) is 0 Å². The van der Waals surface area contributed by atoms with Gasteiger partial charge >= 0.3 is 0 Å². The van der Waals surface area contributed by atoms with Gasteiger partial charge in [-0.1, -0.05) is 24.3 Å². The van der Waals surface area contributed by atoms with E-state index in [1.807, 2.05) is 18.2 Å². The van der Waals surface area contributed by atoms with Crippen LogP contribution < -0.4 is 9.47 Å². The van der Waals surface area contributed by atoms with Gasteiger partial charge in [-0.3, -0.25) is 9.69 Å². The van der Waals surface area contributed by atoms with Crippen molar-refractivity contribution < 1.29 is 23.8 Å². The molecule has 148 valence electrons. The summed E-state index contributed by atoms with van der Waals surface area (Å²) in [6, 6.07) is 13.2. The van der Waals surface area contributed by atoms with Crippen LogP contribution >= 0.6 is 0 Å². The summed E-state index contributed by atoms with van der Waals surface area (Å²) in [5.41, 5.74) is 0.686. The Kier molecular flexibility index (Phi) is 5.45. The third-order valence-electron chi connectivity index (χ3n) is 5.15. The molecule has 1 saturated heterocycles. The number of hydrogen-bond acceptors (Lipinski definition) is 5. The van der Waals surface area contributed by atoms with Crippen LogP contribution in [0.1, 0.15) is 11.7 Å². The molecule has 1 amide bonds. The molecule has 0 aliphatic carbocycles. The topological polar surface area (TPSA) is 62.2 Å². The number of fused-ring (bicyclic) bond motifs is 1. The van der Waals surface area contributed by atoms with Gasteiger partial charge in [0.25, 0.3) is 5.91 Å². The molecule has 1 fully saturated rings. The van der Waals surface area contributed by atoms with Gasteiger partial charge in [0.15, 0.2) is 11.5 Å². The lowest BCUT2D eigenvalue weighted by Crippen LogP contribution is -2.54. The van der Waals surface area contributed by atoms with E-state index in [1.165, 1.54) is 12.1 Å². The zero-order valence-corrected chi connectivity index (χ0v) is 15.5. The van der Waals surface area contributed by atoms with Crippen molar-refractivity contribution in [2.45, 2.75) is 12.2 Å². The van der Waals surface area contributed by atoms with Gasteiger partial charge in [-0.15, -0.1) is 0 Å². The van der Waals surface area contributed by atoms with E-state index in [0.717, 1.165) is 0 Å². The number of benzene rings is 2. The summed E-state index contributed by atoms with van der Waals surface area (Å²) < 4.78 is 24.5. The van der Waals surface area contributed by atoms with Gasteiger partial charge in [0, 0.05) is 32.7 Å². The van der Waals surface area contributed by atoms with E-state index in [9.17, 15) is 14.3 Å². The number of piperazine rings is 1. The third kappa shape index (κ3) is 4.10. The smallest absolute Gasteiger partial charge is 0.267 e. The van der Waals surface area contributed by atoms with E-state index in [2.05, 4.69) is 4.90 Å². The Hall–Kier alpha value is -2.64. The maximum absolute atomic E-state index is 13.0. The van der Waals surface area contributed by atoms with E-state index in [4.69, 9.17) is 9.47 Å². The van der Waals surface area contributed by atoms with Crippen LogP contribution in [0, 0.1) is 5.82 Å². The molecule has 0 radical (unpaired) electrons. The molecule has 2 aliphatic rings. The molecular formula is C21H23FN2O4. The molecule has 0 spiro atoms. The monoisotopic (exact) mass is 386 g/mol. The highest BCUT2D eigenvalue weighted by molar-refractivity contribution is 5.82. The Morgan fingerprint density at radius 3 is 2.46 bits per heavy atom. The number of hydrogen-bond donors (Lipinski definition) is 1. The Morgan fingerprint density at radius 2 is 1.75 bits per heavy atom. The van der Waals surface area contributed by atoms with E-state index in [0.29, 0.717) is 49.8 Å². The Balaban J connectivity index is 1.28. The van der Waals surface area contributed by atoms with Crippen LogP contribution in [0.15, 0.2) is 48.5 Å². The molecule has 0 aromatic heterocycles. The SMILES string of the molecule is O=C([C@@H]1COc2ccccc2O1)N1CCN(C[C@H](O)c2ccc(F)cc2)CC1. The maximum atomic E-state index is 13.0. The first-order valence-corrected chi connectivity index (χ1v) is 9.43. The van der Waals surface area contributed by atoms with E-state index in [-0.39, 0.29) is 18.3 Å².